The fourth-order valence-corrected chi connectivity index (χ4v) is 3.59. The van der Waals surface area contributed by atoms with Gasteiger partial charge in [0.2, 0.25) is 0 Å². The average molecular weight is 386 g/mol. The molecule has 1 atom stereocenters. The predicted molar refractivity (Wildman–Crippen MR) is 99.6 cm³/mol. The Morgan fingerprint density at radius 1 is 1.28 bits per heavy atom. The molecule has 1 fully saturated rings. The molecule has 0 saturated carbocycles. The van der Waals surface area contributed by atoms with Gasteiger partial charge in [-0.3, -0.25) is 0 Å². The van der Waals surface area contributed by atoms with E-state index < -0.39 is 6.10 Å². The van der Waals surface area contributed by atoms with Crippen molar-refractivity contribution in [2.75, 3.05) is 32.8 Å². The van der Waals surface area contributed by atoms with Crippen molar-refractivity contribution >= 4 is 34.4 Å². The first-order chi connectivity index (χ1) is 12.1. The third kappa shape index (κ3) is 5.11. The second kappa shape index (κ2) is 8.90. The monoisotopic (exact) mass is 385 g/mol. The standard InChI is InChI=1S/C18H22Cl2N2O3/c19-14-4-5-17-16(8-14)18(20)13(11-24-17)9-21-25-12-15(23)10-22-6-2-1-3-7-22/h4-5,8-9,15,23H,1-3,6-7,10-12H2/p+1/b21-9-/t15-/m1/s1. The van der Waals surface area contributed by atoms with E-state index in [2.05, 4.69) is 5.16 Å². The van der Waals surface area contributed by atoms with Crippen LogP contribution >= 0.6 is 23.2 Å². The largest absolute Gasteiger partial charge is 0.488 e. The number of hydrogen-bond acceptors (Lipinski definition) is 4. The van der Waals surface area contributed by atoms with Gasteiger partial charge in [0.15, 0.2) is 0 Å². The van der Waals surface area contributed by atoms with Crippen molar-refractivity contribution in [1.29, 1.82) is 0 Å². The van der Waals surface area contributed by atoms with Crippen molar-refractivity contribution in [3.8, 4) is 5.75 Å². The van der Waals surface area contributed by atoms with E-state index in [-0.39, 0.29) is 6.61 Å². The van der Waals surface area contributed by atoms with E-state index in [4.69, 9.17) is 32.8 Å². The van der Waals surface area contributed by atoms with Crippen molar-refractivity contribution in [1.82, 2.24) is 0 Å². The Morgan fingerprint density at radius 2 is 2.08 bits per heavy atom. The van der Waals surface area contributed by atoms with E-state index in [0.29, 0.717) is 34.5 Å². The molecule has 25 heavy (non-hydrogen) atoms. The van der Waals surface area contributed by atoms with Gasteiger partial charge in [-0.1, -0.05) is 28.4 Å². The Bertz CT molecular complexity index is 658. The molecule has 1 aromatic rings. The Labute approximate surface area is 157 Å². The van der Waals surface area contributed by atoms with Gasteiger partial charge in [-0.25, -0.2) is 0 Å². The van der Waals surface area contributed by atoms with Crippen LogP contribution in [0, 0.1) is 0 Å². The number of aliphatic hydroxyl groups is 1. The topological polar surface area (TPSA) is 55.5 Å². The molecule has 3 rings (SSSR count). The van der Waals surface area contributed by atoms with Gasteiger partial charge in [-0.05, 0) is 37.5 Å². The summed E-state index contributed by atoms with van der Waals surface area (Å²) in [5.74, 6) is 0.701. The Balaban J connectivity index is 1.51. The SMILES string of the molecule is O[C@@H](CO/N=C\C1=C(Cl)c2cc(Cl)ccc2OC1)C[NH+]1CCCCC1. The van der Waals surface area contributed by atoms with E-state index in [1.807, 2.05) is 0 Å². The molecule has 1 saturated heterocycles. The number of oxime groups is 1. The highest BCUT2D eigenvalue weighted by Gasteiger charge is 2.19. The number of ether oxygens (including phenoxy) is 1. The summed E-state index contributed by atoms with van der Waals surface area (Å²) in [6.07, 6.45) is 4.79. The predicted octanol–water partition coefficient (Wildman–Crippen LogP) is 2.11. The Kier molecular flexibility index (Phi) is 6.59. The van der Waals surface area contributed by atoms with E-state index in [0.717, 1.165) is 18.7 Å². The maximum Gasteiger partial charge on any atom is 0.148 e. The zero-order valence-corrected chi connectivity index (χ0v) is 15.5. The Morgan fingerprint density at radius 3 is 2.88 bits per heavy atom. The molecule has 2 aliphatic heterocycles. The molecule has 0 amide bonds. The molecule has 7 heteroatoms. The summed E-state index contributed by atoms with van der Waals surface area (Å²) in [5.41, 5.74) is 1.46. The first-order valence-corrected chi connectivity index (χ1v) is 9.37. The number of benzene rings is 1. The summed E-state index contributed by atoms with van der Waals surface area (Å²) < 4.78 is 5.64. The van der Waals surface area contributed by atoms with Gasteiger partial charge < -0.3 is 19.6 Å². The van der Waals surface area contributed by atoms with Gasteiger partial charge in [0.25, 0.3) is 0 Å². The lowest BCUT2D eigenvalue weighted by Gasteiger charge is -2.25. The summed E-state index contributed by atoms with van der Waals surface area (Å²) in [4.78, 5) is 6.67. The molecule has 0 aromatic heterocycles. The van der Waals surface area contributed by atoms with Gasteiger partial charge in [0.05, 0.1) is 24.3 Å². The van der Waals surface area contributed by atoms with Crippen LogP contribution in [0.2, 0.25) is 5.02 Å². The molecular formula is C18H23Cl2N2O3+. The third-order valence-corrected chi connectivity index (χ3v) is 5.16. The molecule has 2 aliphatic rings. The van der Waals surface area contributed by atoms with Crippen LogP contribution in [0.5, 0.6) is 5.75 Å². The van der Waals surface area contributed by atoms with Crippen LogP contribution in [0.1, 0.15) is 24.8 Å². The minimum Gasteiger partial charge on any atom is -0.488 e. The summed E-state index contributed by atoms with van der Waals surface area (Å²) in [6.45, 7) is 3.45. The fraction of sp³-hybridized carbons (Fsp3) is 0.500. The van der Waals surface area contributed by atoms with E-state index in [1.165, 1.54) is 30.4 Å². The van der Waals surface area contributed by atoms with Crippen LogP contribution in [0.25, 0.3) is 5.03 Å². The minimum absolute atomic E-state index is 0.175. The lowest BCUT2D eigenvalue weighted by atomic mass is 10.1. The third-order valence-electron chi connectivity index (χ3n) is 4.48. The molecule has 0 bridgehead atoms. The number of nitrogens with zero attached hydrogens (tertiary/aromatic N) is 1. The molecule has 0 unspecified atom stereocenters. The number of aliphatic hydroxyl groups excluding tert-OH is 1. The van der Waals surface area contributed by atoms with Gasteiger partial charge in [0.1, 0.15) is 31.6 Å². The van der Waals surface area contributed by atoms with Crippen molar-refractivity contribution in [3.05, 3.63) is 34.4 Å². The van der Waals surface area contributed by atoms with Crippen molar-refractivity contribution in [2.24, 2.45) is 5.16 Å². The molecule has 0 spiro atoms. The van der Waals surface area contributed by atoms with Crippen LogP contribution in [-0.4, -0.2) is 50.3 Å². The number of likely N-dealkylation sites (tertiary alicyclic amines) is 1. The van der Waals surface area contributed by atoms with Crippen LogP contribution < -0.4 is 9.64 Å². The fourth-order valence-electron chi connectivity index (χ4n) is 3.16. The lowest BCUT2D eigenvalue weighted by Crippen LogP contribution is -3.14. The number of halogens is 2. The quantitative estimate of drug-likeness (QED) is 0.582. The zero-order chi connectivity index (χ0) is 17.6. The van der Waals surface area contributed by atoms with Crippen molar-refractivity contribution in [2.45, 2.75) is 25.4 Å². The summed E-state index contributed by atoms with van der Waals surface area (Å²) in [6, 6.07) is 5.32. The highest BCUT2D eigenvalue weighted by Crippen LogP contribution is 2.36. The van der Waals surface area contributed by atoms with Crippen LogP contribution in [-0.2, 0) is 4.84 Å². The zero-order valence-electron chi connectivity index (χ0n) is 14.0. The maximum absolute atomic E-state index is 10.1. The molecule has 2 N–H and O–H groups in total. The summed E-state index contributed by atoms with van der Waals surface area (Å²) in [5, 5.41) is 15.1. The van der Waals surface area contributed by atoms with Crippen LogP contribution in [0.4, 0.5) is 0 Å². The van der Waals surface area contributed by atoms with E-state index >= 15 is 0 Å². The van der Waals surface area contributed by atoms with Gasteiger partial charge in [-0.2, -0.15) is 0 Å². The minimum atomic E-state index is -0.517. The lowest BCUT2D eigenvalue weighted by molar-refractivity contribution is -0.908. The maximum atomic E-state index is 10.1. The molecule has 0 aliphatic carbocycles. The number of nitrogens with one attached hydrogen (secondary N) is 1. The normalized spacial score (nSPS) is 19.6. The molecule has 136 valence electrons. The smallest absolute Gasteiger partial charge is 0.148 e. The van der Waals surface area contributed by atoms with Gasteiger partial charge in [0, 0.05) is 16.2 Å². The number of hydrogen-bond donors (Lipinski definition) is 2. The Hall–Kier alpha value is -1.27. The molecular weight excluding hydrogens is 363 g/mol. The highest BCUT2D eigenvalue weighted by atomic mass is 35.5. The van der Waals surface area contributed by atoms with Crippen LogP contribution in [0.3, 0.4) is 0 Å². The van der Waals surface area contributed by atoms with E-state index in [9.17, 15) is 5.11 Å². The molecule has 1 aromatic carbocycles. The molecule has 2 heterocycles. The summed E-state index contributed by atoms with van der Waals surface area (Å²) in [7, 11) is 0. The number of rotatable bonds is 6. The van der Waals surface area contributed by atoms with Crippen molar-refractivity contribution in [3.63, 3.8) is 0 Å². The number of fused-ring (bicyclic) bond motifs is 1. The number of piperidine rings is 1. The van der Waals surface area contributed by atoms with E-state index in [1.54, 1.807) is 18.2 Å². The first-order valence-electron chi connectivity index (χ1n) is 8.62. The van der Waals surface area contributed by atoms with Crippen molar-refractivity contribution < 1.29 is 19.6 Å². The van der Waals surface area contributed by atoms with Gasteiger partial charge >= 0.3 is 0 Å². The molecule has 0 radical (unpaired) electrons. The highest BCUT2D eigenvalue weighted by molar-refractivity contribution is 6.51. The number of quaternary nitrogens is 1. The summed E-state index contributed by atoms with van der Waals surface area (Å²) >= 11 is 12.4. The first kappa shape index (κ1) is 18.5. The second-order valence-corrected chi connectivity index (χ2v) is 7.28. The van der Waals surface area contributed by atoms with Crippen LogP contribution in [0.15, 0.2) is 28.9 Å². The van der Waals surface area contributed by atoms with Gasteiger partial charge in [-0.15, -0.1) is 0 Å². The average Bonchev–Trinajstić information content (AvgIpc) is 2.62. The second-order valence-electron chi connectivity index (χ2n) is 6.47. The molecule has 5 nitrogen and oxygen atoms in total.